The maximum absolute atomic E-state index is 12.1. The summed E-state index contributed by atoms with van der Waals surface area (Å²) in [5.74, 6) is 0.0873. The number of nitrogens with zero attached hydrogens (tertiary/aromatic N) is 3. The molecule has 3 heterocycles. The fourth-order valence-corrected chi connectivity index (χ4v) is 2.44. The highest BCUT2D eigenvalue weighted by Crippen LogP contribution is 2.24. The van der Waals surface area contributed by atoms with Crippen LogP contribution in [0.15, 0.2) is 12.5 Å². The van der Waals surface area contributed by atoms with Crippen LogP contribution in [0, 0.1) is 0 Å². The van der Waals surface area contributed by atoms with Gasteiger partial charge in [0.1, 0.15) is 6.33 Å². The zero-order valence-corrected chi connectivity index (χ0v) is 9.02. The number of carbonyl (C=O) groups excluding carboxylic acids is 1. The molecule has 0 unspecified atom stereocenters. The number of carbonyl (C=O) groups is 1. The van der Waals surface area contributed by atoms with Crippen LogP contribution in [0.5, 0.6) is 0 Å². The molecule has 0 radical (unpaired) electrons. The Balaban J connectivity index is 1.83. The van der Waals surface area contributed by atoms with Crippen molar-refractivity contribution in [3.63, 3.8) is 0 Å². The molecule has 0 aliphatic carbocycles. The molecule has 16 heavy (non-hydrogen) atoms. The predicted octanol–water partition coefficient (Wildman–Crippen LogP) is 0.184. The Morgan fingerprint density at radius 1 is 1.50 bits per heavy atom. The van der Waals surface area contributed by atoms with Crippen LogP contribution < -0.4 is 5.32 Å². The molecule has 2 aliphatic rings. The van der Waals surface area contributed by atoms with E-state index in [1.54, 1.807) is 6.20 Å². The van der Waals surface area contributed by atoms with E-state index in [2.05, 4.69) is 15.3 Å². The Kier molecular flexibility index (Phi) is 2.32. The van der Waals surface area contributed by atoms with Gasteiger partial charge in [-0.25, -0.2) is 9.97 Å². The second-order valence-corrected chi connectivity index (χ2v) is 4.32. The van der Waals surface area contributed by atoms with Gasteiger partial charge < -0.3 is 10.2 Å². The zero-order chi connectivity index (χ0) is 11.0. The summed E-state index contributed by atoms with van der Waals surface area (Å²) in [5, 5.41) is 3.33. The highest BCUT2D eigenvalue weighted by Gasteiger charge is 2.34. The van der Waals surface area contributed by atoms with Crippen molar-refractivity contribution in [1.82, 2.24) is 20.2 Å². The van der Waals surface area contributed by atoms with Gasteiger partial charge in [-0.1, -0.05) is 0 Å². The van der Waals surface area contributed by atoms with E-state index in [0.717, 1.165) is 31.6 Å². The quantitative estimate of drug-likeness (QED) is 0.730. The van der Waals surface area contributed by atoms with Gasteiger partial charge in [-0.15, -0.1) is 0 Å². The molecule has 5 heteroatoms. The molecule has 2 aliphatic heterocycles. The highest BCUT2D eigenvalue weighted by atomic mass is 16.2. The van der Waals surface area contributed by atoms with E-state index in [9.17, 15) is 4.79 Å². The summed E-state index contributed by atoms with van der Waals surface area (Å²) in [6, 6.07) is 0.315. The number of hydrogen-bond donors (Lipinski definition) is 1. The first-order valence-electron chi connectivity index (χ1n) is 5.67. The Labute approximate surface area is 93.9 Å². The minimum atomic E-state index is 0.0873. The SMILES string of the molecule is O=C1c2cncnc2CN1[C@H]1CCCNC1. The normalized spacial score (nSPS) is 24.6. The van der Waals surface area contributed by atoms with Gasteiger partial charge in [-0.3, -0.25) is 4.79 Å². The van der Waals surface area contributed by atoms with Crippen LogP contribution in [-0.2, 0) is 6.54 Å². The summed E-state index contributed by atoms with van der Waals surface area (Å²) in [5.41, 5.74) is 1.54. The molecule has 1 aromatic heterocycles. The van der Waals surface area contributed by atoms with Gasteiger partial charge in [-0.05, 0) is 19.4 Å². The van der Waals surface area contributed by atoms with Gasteiger partial charge in [0.05, 0.1) is 17.8 Å². The lowest BCUT2D eigenvalue weighted by atomic mass is 10.1. The van der Waals surface area contributed by atoms with Crippen LogP contribution in [0.2, 0.25) is 0 Å². The lowest BCUT2D eigenvalue weighted by molar-refractivity contribution is 0.0673. The van der Waals surface area contributed by atoms with Crippen molar-refractivity contribution in [1.29, 1.82) is 0 Å². The van der Waals surface area contributed by atoms with Crippen LogP contribution in [-0.4, -0.2) is 39.9 Å². The van der Waals surface area contributed by atoms with E-state index in [1.807, 2.05) is 4.90 Å². The monoisotopic (exact) mass is 218 g/mol. The zero-order valence-electron chi connectivity index (χ0n) is 9.02. The van der Waals surface area contributed by atoms with E-state index in [-0.39, 0.29) is 5.91 Å². The third-order valence-electron chi connectivity index (χ3n) is 3.32. The van der Waals surface area contributed by atoms with Gasteiger partial charge in [-0.2, -0.15) is 0 Å². The first-order valence-corrected chi connectivity index (χ1v) is 5.67. The molecule has 3 rings (SSSR count). The van der Waals surface area contributed by atoms with E-state index < -0.39 is 0 Å². The summed E-state index contributed by atoms with van der Waals surface area (Å²) < 4.78 is 0. The highest BCUT2D eigenvalue weighted by molar-refractivity contribution is 5.97. The average molecular weight is 218 g/mol. The maximum atomic E-state index is 12.1. The molecular formula is C11H14N4O. The van der Waals surface area contributed by atoms with Crippen molar-refractivity contribution in [3.8, 4) is 0 Å². The molecule has 1 atom stereocenters. The van der Waals surface area contributed by atoms with Gasteiger partial charge in [0.25, 0.3) is 5.91 Å². The Morgan fingerprint density at radius 3 is 3.19 bits per heavy atom. The first-order chi connectivity index (χ1) is 7.86. The molecule has 0 saturated carbocycles. The molecule has 1 aromatic rings. The second kappa shape index (κ2) is 3.83. The van der Waals surface area contributed by atoms with Gasteiger partial charge in [0.2, 0.25) is 0 Å². The van der Waals surface area contributed by atoms with E-state index >= 15 is 0 Å². The standard InChI is InChI=1S/C11H14N4O/c16-11-9-5-13-7-14-10(9)6-15(11)8-2-1-3-12-4-8/h5,7-8,12H,1-4,6H2/t8-/m0/s1. The Hall–Kier alpha value is -1.49. The topological polar surface area (TPSA) is 58.1 Å². The Bertz CT molecular complexity index is 414. The lowest BCUT2D eigenvalue weighted by Gasteiger charge is -2.31. The molecule has 84 valence electrons. The average Bonchev–Trinajstić information content (AvgIpc) is 2.69. The molecule has 1 N–H and O–H groups in total. The van der Waals surface area contributed by atoms with Crippen molar-refractivity contribution in [2.45, 2.75) is 25.4 Å². The van der Waals surface area contributed by atoms with Gasteiger partial charge in [0.15, 0.2) is 0 Å². The number of nitrogens with one attached hydrogen (secondary N) is 1. The number of rotatable bonds is 1. The lowest BCUT2D eigenvalue weighted by Crippen LogP contribution is -2.46. The molecule has 1 amide bonds. The third-order valence-corrected chi connectivity index (χ3v) is 3.32. The minimum Gasteiger partial charge on any atom is -0.328 e. The predicted molar refractivity (Wildman–Crippen MR) is 57.8 cm³/mol. The molecule has 1 saturated heterocycles. The van der Waals surface area contributed by atoms with E-state index in [1.165, 1.54) is 6.33 Å². The van der Waals surface area contributed by atoms with Crippen LogP contribution in [0.3, 0.4) is 0 Å². The minimum absolute atomic E-state index is 0.0873. The van der Waals surface area contributed by atoms with Crippen molar-refractivity contribution in [2.24, 2.45) is 0 Å². The molecule has 5 nitrogen and oxygen atoms in total. The molecular weight excluding hydrogens is 204 g/mol. The molecule has 0 spiro atoms. The molecule has 0 bridgehead atoms. The van der Waals surface area contributed by atoms with Crippen LogP contribution in [0.4, 0.5) is 0 Å². The van der Waals surface area contributed by atoms with Gasteiger partial charge in [0, 0.05) is 18.8 Å². The third kappa shape index (κ3) is 1.48. The number of aromatic nitrogens is 2. The summed E-state index contributed by atoms with van der Waals surface area (Å²) in [6.45, 7) is 2.60. The fraction of sp³-hybridized carbons (Fsp3) is 0.545. The number of fused-ring (bicyclic) bond motifs is 1. The van der Waals surface area contributed by atoms with Gasteiger partial charge >= 0.3 is 0 Å². The summed E-state index contributed by atoms with van der Waals surface area (Å²) in [4.78, 5) is 22.1. The van der Waals surface area contributed by atoms with Crippen LogP contribution >= 0.6 is 0 Å². The van der Waals surface area contributed by atoms with Crippen LogP contribution in [0.1, 0.15) is 28.9 Å². The number of hydrogen-bond acceptors (Lipinski definition) is 4. The van der Waals surface area contributed by atoms with E-state index in [0.29, 0.717) is 18.2 Å². The fourth-order valence-electron chi connectivity index (χ4n) is 2.44. The summed E-state index contributed by atoms with van der Waals surface area (Å²) >= 11 is 0. The van der Waals surface area contributed by atoms with Crippen molar-refractivity contribution < 1.29 is 4.79 Å². The largest absolute Gasteiger partial charge is 0.328 e. The van der Waals surface area contributed by atoms with Crippen molar-refractivity contribution >= 4 is 5.91 Å². The van der Waals surface area contributed by atoms with Crippen LogP contribution in [0.25, 0.3) is 0 Å². The van der Waals surface area contributed by atoms with Crippen molar-refractivity contribution in [3.05, 3.63) is 23.8 Å². The molecule has 1 fully saturated rings. The molecule has 0 aromatic carbocycles. The maximum Gasteiger partial charge on any atom is 0.258 e. The summed E-state index contributed by atoms with van der Waals surface area (Å²) in [7, 11) is 0. The van der Waals surface area contributed by atoms with Crippen molar-refractivity contribution in [2.75, 3.05) is 13.1 Å². The summed E-state index contributed by atoms with van der Waals surface area (Å²) in [6.07, 6.45) is 5.35. The van der Waals surface area contributed by atoms with E-state index in [4.69, 9.17) is 0 Å². The Morgan fingerprint density at radius 2 is 2.44 bits per heavy atom. The number of piperidine rings is 1. The first kappa shape index (κ1) is 9.72. The number of amides is 1. The smallest absolute Gasteiger partial charge is 0.258 e. The second-order valence-electron chi connectivity index (χ2n) is 4.32.